The Balaban J connectivity index is 0.00000261. The highest BCUT2D eigenvalue weighted by Crippen LogP contribution is 2.27. The van der Waals surface area contributed by atoms with E-state index in [1.54, 1.807) is 14.2 Å². The van der Waals surface area contributed by atoms with Crippen LogP contribution in [0.5, 0.6) is 5.75 Å². The van der Waals surface area contributed by atoms with Crippen molar-refractivity contribution in [1.82, 2.24) is 15.6 Å². The molecule has 1 aromatic carbocycles. The lowest BCUT2D eigenvalue weighted by Gasteiger charge is -2.13. The monoisotopic (exact) mass is 500 g/mol. The first-order valence-electron chi connectivity index (χ1n) is 9.34. The van der Waals surface area contributed by atoms with Crippen LogP contribution >= 0.6 is 35.3 Å². The smallest absolute Gasteiger partial charge is 0.191 e. The maximum absolute atomic E-state index is 5.39. The van der Waals surface area contributed by atoms with E-state index in [1.165, 1.54) is 41.3 Å². The number of methoxy groups -OCH3 is 1. The van der Waals surface area contributed by atoms with Gasteiger partial charge in [-0.3, -0.25) is 4.99 Å². The van der Waals surface area contributed by atoms with Crippen LogP contribution in [0.2, 0.25) is 0 Å². The molecule has 0 spiro atoms. The van der Waals surface area contributed by atoms with Gasteiger partial charge in [0.25, 0.3) is 0 Å². The first-order valence-corrected chi connectivity index (χ1v) is 10.2. The van der Waals surface area contributed by atoms with Crippen molar-refractivity contribution in [2.45, 2.75) is 45.1 Å². The van der Waals surface area contributed by atoms with Crippen molar-refractivity contribution in [2.24, 2.45) is 4.99 Å². The number of nitrogens with one attached hydrogen (secondary N) is 2. The molecule has 0 bridgehead atoms. The van der Waals surface area contributed by atoms with Gasteiger partial charge in [-0.2, -0.15) is 0 Å². The lowest BCUT2D eigenvalue weighted by Crippen LogP contribution is -2.37. The van der Waals surface area contributed by atoms with Crippen molar-refractivity contribution in [3.8, 4) is 5.75 Å². The average Bonchev–Trinajstić information content (AvgIpc) is 3.10. The summed E-state index contributed by atoms with van der Waals surface area (Å²) in [5, 5.41) is 8.02. The van der Waals surface area contributed by atoms with Crippen molar-refractivity contribution in [3.63, 3.8) is 0 Å². The summed E-state index contributed by atoms with van der Waals surface area (Å²) >= 11 is 1.91. The van der Waals surface area contributed by atoms with Crippen LogP contribution in [0.25, 0.3) is 0 Å². The molecule has 0 unspecified atom stereocenters. The third kappa shape index (κ3) is 6.34. The lowest BCUT2D eigenvalue weighted by atomic mass is 10.0. The number of hydrogen-bond acceptors (Lipinski definition) is 4. The molecule has 0 saturated carbocycles. The Labute approximate surface area is 183 Å². The zero-order valence-electron chi connectivity index (χ0n) is 16.1. The minimum absolute atomic E-state index is 0. The molecule has 0 atom stereocenters. The molecular formula is C20H29IN4OS. The van der Waals surface area contributed by atoms with Crippen LogP contribution in [-0.4, -0.2) is 31.6 Å². The van der Waals surface area contributed by atoms with E-state index in [4.69, 9.17) is 9.72 Å². The number of para-hydroxylation sites is 1. The highest BCUT2D eigenvalue weighted by molar-refractivity contribution is 14.0. The van der Waals surface area contributed by atoms with Crippen molar-refractivity contribution >= 4 is 41.3 Å². The van der Waals surface area contributed by atoms with Gasteiger partial charge in [-0.05, 0) is 38.2 Å². The van der Waals surface area contributed by atoms with Crippen molar-refractivity contribution in [3.05, 3.63) is 45.4 Å². The van der Waals surface area contributed by atoms with E-state index in [0.717, 1.165) is 36.7 Å². The fourth-order valence-corrected chi connectivity index (χ4v) is 4.41. The molecule has 1 aliphatic carbocycles. The molecule has 27 heavy (non-hydrogen) atoms. The third-order valence-electron chi connectivity index (χ3n) is 4.61. The predicted molar refractivity (Wildman–Crippen MR) is 124 cm³/mol. The van der Waals surface area contributed by atoms with Crippen molar-refractivity contribution < 1.29 is 4.74 Å². The second-order valence-corrected chi connectivity index (χ2v) is 7.62. The molecule has 5 nitrogen and oxygen atoms in total. The quantitative estimate of drug-likeness (QED) is 0.262. The molecule has 3 rings (SSSR count). The largest absolute Gasteiger partial charge is 0.496 e. The molecule has 7 heteroatoms. The van der Waals surface area contributed by atoms with Crippen LogP contribution in [-0.2, 0) is 25.8 Å². The fourth-order valence-electron chi connectivity index (χ4n) is 3.21. The Hall–Kier alpha value is -1.35. The summed E-state index contributed by atoms with van der Waals surface area (Å²) in [7, 11) is 3.49. The summed E-state index contributed by atoms with van der Waals surface area (Å²) in [5.74, 6) is 1.71. The van der Waals surface area contributed by atoms with Gasteiger partial charge in [0.05, 0.1) is 17.8 Å². The Morgan fingerprint density at radius 3 is 2.81 bits per heavy atom. The molecule has 0 saturated heterocycles. The van der Waals surface area contributed by atoms with E-state index < -0.39 is 0 Å². The number of ether oxygens (including phenoxy) is 1. The maximum Gasteiger partial charge on any atom is 0.191 e. The highest BCUT2D eigenvalue weighted by atomic mass is 127. The molecule has 2 N–H and O–H groups in total. The van der Waals surface area contributed by atoms with Crippen molar-refractivity contribution in [1.29, 1.82) is 0 Å². The van der Waals surface area contributed by atoms with E-state index in [0.29, 0.717) is 6.54 Å². The van der Waals surface area contributed by atoms with Crippen molar-refractivity contribution in [2.75, 3.05) is 20.7 Å². The number of aliphatic imine (C=N–C) groups is 1. The number of halogens is 1. The van der Waals surface area contributed by atoms with Gasteiger partial charge in [0.15, 0.2) is 5.96 Å². The maximum atomic E-state index is 5.39. The molecule has 0 aliphatic heterocycles. The van der Waals surface area contributed by atoms with Crippen LogP contribution in [0, 0.1) is 0 Å². The summed E-state index contributed by atoms with van der Waals surface area (Å²) < 4.78 is 5.39. The van der Waals surface area contributed by atoms with Gasteiger partial charge < -0.3 is 15.4 Å². The van der Waals surface area contributed by atoms with E-state index in [-0.39, 0.29) is 24.0 Å². The minimum Gasteiger partial charge on any atom is -0.496 e. The number of guanidine groups is 1. The average molecular weight is 500 g/mol. The van der Waals surface area contributed by atoms with E-state index in [9.17, 15) is 0 Å². The lowest BCUT2D eigenvalue weighted by molar-refractivity contribution is 0.409. The molecular weight excluding hydrogens is 471 g/mol. The zero-order valence-corrected chi connectivity index (χ0v) is 19.2. The van der Waals surface area contributed by atoms with Crippen LogP contribution in [0.3, 0.4) is 0 Å². The molecule has 1 aliphatic rings. The summed E-state index contributed by atoms with van der Waals surface area (Å²) in [6.45, 7) is 1.57. The van der Waals surface area contributed by atoms with Crippen LogP contribution in [0.4, 0.5) is 0 Å². The second kappa shape index (κ2) is 11.5. The van der Waals surface area contributed by atoms with Gasteiger partial charge in [-0.25, -0.2) is 4.98 Å². The second-order valence-electron chi connectivity index (χ2n) is 6.45. The normalized spacial score (nSPS) is 13.5. The van der Waals surface area contributed by atoms with Gasteiger partial charge in [0.1, 0.15) is 5.75 Å². The van der Waals surface area contributed by atoms with Gasteiger partial charge in [0.2, 0.25) is 0 Å². The number of rotatable bonds is 7. The molecule has 1 aromatic heterocycles. The number of nitrogens with zero attached hydrogens (tertiary/aromatic N) is 2. The summed E-state index contributed by atoms with van der Waals surface area (Å²) in [6, 6.07) is 8.03. The fraction of sp³-hybridized carbons (Fsp3) is 0.500. The van der Waals surface area contributed by atoms with Gasteiger partial charge in [0, 0.05) is 37.0 Å². The first kappa shape index (κ1) is 21.9. The third-order valence-corrected chi connectivity index (χ3v) is 5.83. The topological polar surface area (TPSA) is 58.5 Å². The molecule has 0 radical (unpaired) electrons. The van der Waals surface area contributed by atoms with Gasteiger partial charge in [-0.1, -0.05) is 18.2 Å². The predicted octanol–water partition coefficient (Wildman–Crippen LogP) is 3.95. The Morgan fingerprint density at radius 1 is 1.22 bits per heavy atom. The number of aromatic nitrogens is 1. The van der Waals surface area contributed by atoms with E-state index in [2.05, 4.69) is 21.7 Å². The highest BCUT2D eigenvalue weighted by Gasteiger charge is 2.14. The summed E-state index contributed by atoms with van der Waals surface area (Å²) in [4.78, 5) is 10.6. The number of fused-ring (bicyclic) bond motifs is 1. The molecule has 0 fully saturated rings. The Kier molecular flexibility index (Phi) is 9.33. The standard InChI is InChI=1S/C20H28N4OS.HI/c1-21-20(23-14-15-8-3-5-10-17(15)25-2)22-13-7-12-19-24-16-9-4-6-11-18(16)26-19;/h3,5,8,10H,4,6-7,9,11-14H2,1-2H3,(H2,21,22,23);1H. The number of thiazole rings is 1. The molecule has 148 valence electrons. The number of aryl methyl sites for hydroxylation is 3. The first-order chi connectivity index (χ1) is 12.8. The molecule has 0 amide bonds. The Morgan fingerprint density at radius 2 is 2.04 bits per heavy atom. The van der Waals surface area contributed by atoms with Gasteiger partial charge >= 0.3 is 0 Å². The molecule has 2 aromatic rings. The van der Waals surface area contributed by atoms with E-state index >= 15 is 0 Å². The summed E-state index contributed by atoms with van der Waals surface area (Å²) in [6.07, 6.45) is 7.11. The van der Waals surface area contributed by atoms with Crippen LogP contribution < -0.4 is 15.4 Å². The number of hydrogen-bond donors (Lipinski definition) is 2. The summed E-state index contributed by atoms with van der Waals surface area (Å²) in [5.41, 5.74) is 2.48. The van der Waals surface area contributed by atoms with Crippen LogP contribution in [0.15, 0.2) is 29.3 Å². The van der Waals surface area contributed by atoms with Gasteiger partial charge in [-0.15, -0.1) is 35.3 Å². The number of benzene rings is 1. The molecule has 1 heterocycles. The zero-order chi connectivity index (χ0) is 18.2. The Bertz CT molecular complexity index is 724. The SMILES string of the molecule is CN=C(NCCCc1nc2c(s1)CCCC2)NCc1ccccc1OC.I. The van der Waals surface area contributed by atoms with E-state index in [1.807, 2.05) is 29.5 Å². The van der Waals surface area contributed by atoms with Crippen LogP contribution in [0.1, 0.15) is 40.4 Å². The minimum atomic E-state index is 0.